The molecule has 0 aromatic heterocycles. The lowest BCUT2D eigenvalue weighted by atomic mass is 9.90. The van der Waals surface area contributed by atoms with Crippen molar-refractivity contribution in [3.05, 3.63) is 70.4 Å². The molecule has 4 N–H and O–H groups in total. The van der Waals surface area contributed by atoms with Crippen molar-refractivity contribution in [3.8, 4) is 28.2 Å². The number of anilines is 1. The Bertz CT molecular complexity index is 2370. The molecule has 15 heteroatoms. The lowest BCUT2D eigenvalue weighted by Gasteiger charge is -2.19. The fourth-order valence-corrected chi connectivity index (χ4v) is 10.4. The van der Waals surface area contributed by atoms with Gasteiger partial charge < -0.3 is 30.2 Å². The topological polar surface area (TPSA) is 205 Å². The van der Waals surface area contributed by atoms with Crippen LogP contribution in [0.5, 0.6) is 5.75 Å². The first-order chi connectivity index (χ1) is 35.3. The predicted octanol–water partition coefficient (Wildman–Crippen LogP) is 14.9. The molecule has 404 valence electrons. The molecule has 0 fully saturated rings. The third-order valence-corrected chi connectivity index (χ3v) is 14.8. The Labute approximate surface area is 440 Å². The first-order valence-corrected chi connectivity index (χ1v) is 29.5. The van der Waals surface area contributed by atoms with Gasteiger partial charge >= 0.3 is 13.8 Å². The van der Waals surface area contributed by atoms with Crippen LogP contribution in [0.15, 0.2) is 63.8 Å². The molecule has 0 radical (unpaired) electrons. The van der Waals surface area contributed by atoms with Crippen LogP contribution in [0.3, 0.4) is 0 Å². The number of carbonyl (C=O) groups excluding carboxylic acids is 2. The van der Waals surface area contributed by atoms with Gasteiger partial charge in [0, 0.05) is 60.0 Å². The maximum absolute atomic E-state index is 13.5. The van der Waals surface area contributed by atoms with Crippen LogP contribution in [-0.2, 0) is 23.2 Å². The number of unbranched alkanes of at least 4 members (excludes halogenated alkanes) is 24. The summed E-state index contributed by atoms with van der Waals surface area (Å²) < 4.78 is 29.5. The number of phosphoric ester groups is 1. The molecular formula is C58H84N2O11PS-. The van der Waals surface area contributed by atoms with E-state index >= 15 is 0 Å². The average molecular weight is 1050 g/mol. The molecule has 1 aliphatic carbocycles. The number of Topliss-reactive ketones (excluding diaryl/α,β-unsaturated/α-hetero) is 2. The van der Waals surface area contributed by atoms with Gasteiger partial charge in [0.1, 0.15) is 22.9 Å². The van der Waals surface area contributed by atoms with Gasteiger partial charge in [-0.1, -0.05) is 186 Å². The number of phosphoric acid groups is 1. The fraction of sp³-hybridized carbons (Fsp3) is 0.603. The van der Waals surface area contributed by atoms with Gasteiger partial charge in [-0.15, -0.1) is 5.75 Å². The van der Waals surface area contributed by atoms with Gasteiger partial charge in [0.25, 0.3) is 0 Å². The van der Waals surface area contributed by atoms with E-state index in [-0.39, 0.29) is 70.8 Å². The number of hydrogen-bond donors (Lipinski definition) is 4. The number of thiocarbonyl (C=S) groups is 1. The monoisotopic (exact) mass is 1050 g/mol. The third kappa shape index (κ3) is 23.7. The second kappa shape index (κ2) is 34.9. The number of hydrogen-bond acceptors (Lipinski definition) is 10. The molecular weight excluding hydrogens is 964 g/mol. The molecule has 1 heterocycles. The van der Waals surface area contributed by atoms with Gasteiger partial charge in [-0.2, -0.15) is 0 Å². The number of aromatic carboxylic acids is 1. The molecule has 1 aliphatic heterocycles. The summed E-state index contributed by atoms with van der Waals surface area (Å²) in [5.74, 6) is -2.39. The van der Waals surface area contributed by atoms with Gasteiger partial charge in [0.2, 0.25) is 0 Å². The number of carbonyl (C=O) groups is 3. The van der Waals surface area contributed by atoms with Gasteiger partial charge in [-0.3, -0.25) is 23.4 Å². The van der Waals surface area contributed by atoms with E-state index in [2.05, 4.69) is 24.5 Å². The molecule has 2 aromatic rings. The van der Waals surface area contributed by atoms with E-state index in [1.807, 2.05) is 0 Å². The van der Waals surface area contributed by atoms with Crippen molar-refractivity contribution in [3.63, 3.8) is 0 Å². The van der Waals surface area contributed by atoms with Gasteiger partial charge in [-0.25, -0.2) is 9.36 Å². The molecule has 2 aliphatic rings. The highest BCUT2D eigenvalue weighted by atomic mass is 32.1. The number of carboxylic acid groups (broad SMARTS) is 1. The Balaban J connectivity index is 1.24. The molecule has 2 atom stereocenters. The van der Waals surface area contributed by atoms with Crippen LogP contribution in [0.25, 0.3) is 33.4 Å². The zero-order valence-corrected chi connectivity index (χ0v) is 45.5. The number of rotatable bonds is 41. The maximum Gasteiger partial charge on any atom is 0.472 e. The Morgan fingerprint density at radius 3 is 1.78 bits per heavy atom. The zero-order valence-electron chi connectivity index (χ0n) is 43.8. The predicted molar refractivity (Wildman–Crippen MR) is 296 cm³/mol. The Kier molecular flexibility index (Phi) is 29.2. The van der Waals surface area contributed by atoms with E-state index < -0.39 is 26.3 Å². The van der Waals surface area contributed by atoms with Crippen molar-refractivity contribution < 1.29 is 47.5 Å². The number of benzene rings is 3. The van der Waals surface area contributed by atoms with Crippen molar-refractivity contribution in [1.82, 2.24) is 5.32 Å². The van der Waals surface area contributed by atoms with Crippen molar-refractivity contribution in [2.45, 2.75) is 200 Å². The summed E-state index contributed by atoms with van der Waals surface area (Å²) in [5.41, 5.74) is 1.38. The molecule has 0 bridgehead atoms. The summed E-state index contributed by atoms with van der Waals surface area (Å²) in [4.78, 5) is 62.2. The lowest BCUT2D eigenvalue weighted by molar-refractivity contribution is -0.268. The Morgan fingerprint density at radius 2 is 1.22 bits per heavy atom. The van der Waals surface area contributed by atoms with Crippen molar-refractivity contribution in [2.24, 2.45) is 5.92 Å². The van der Waals surface area contributed by atoms with E-state index in [0.29, 0.717) is 40.6 Å². The van der Waals surface area contributed by atoms with Crippen LogP contribution in [-0.4, -0.2) is 52.4 Å². The van der Waals surface area contributed by atoms with Crippen molar-refractivity contribution in [1.29, 1.82) is 0 Å². The van der Waals surface area contributed by atoms with Crippen LogP contribution in [0, 0.1) is 5.92 Å². The summed E-state index contributed by atoms with van der Waals surface area (Å²) in [6.45, 7) is 3.73. The SMILES string of the molecule is CCCCCCCCCCCCCCCC(=O)CC(COP(=O)(O)OCCNC(=S)Nc1ccc(-c2c3ccc(=O)cc-3oc3cc([O-])ccc23)c(C(=O)O)c1)C(=O)CCCCCCCCCCCCCCC. The van der Waals surface area contributed by atoms with Gasteiger partial charge in [0.15, 0.2) is 10.5 Å². The summed E-state index contributed by atoms with van der Waals surface area (Å²) in [6, 6.07) is 13.0. The molecule has 0 saturated heterocycles. The van der Waals surface area contributed by atoms with Crippen molar-refractivity contribution in [2.75, 3.05) is 25.1 Å². The summed E-state index contributed by atoms with van der Waals surface area (Å²) in [7, 11) is -4.63. The van der Waals surface area contributed by atoms with Gasteiger partial charge in [0.05, 0.1) is 18.8 Å². The minimum absolute atomic E-state index is 0.0302. The zero-order chi connectivity index (χ0) is 52.7. The quantitative estimate of drug-likeness (QED) is 0.0141. The van der Waals surface area contributed by atoms with Crippen LogP contribution in [0.4, 0.5) is 5.69 Å². The van der Waals surface area contributed by atoms with Crippen LogP contribution in [0.2, 0.25) is 0 Å². The highest BCUT2D eigenvalue weighted by molar-refractivity contribution is 7.80. The largest absolute Gasteiger partial charge is 0.872 e. The van der Waals surface area contributed by atoms with Gasteiger partial charge in [-0.05, 0) is 61.0 Å². The Hall–Kier alpha value is -4.46. The second-order valence-electron chi connectivity index (χ2n) is 19.7. The minimum atomic E-state index is -4.63. The Morgan fingerprint density at radius 1 is 0.685 bits per heavy atom. The van der Waals surface area contributed by atoms with Crippen molar-refractivity contribution >= 4 is 59.3 Å². The van der Waals surface area contributed by atoms with E-state index in [1.54, 1.807) is 24.3 Å². The maximum atomic E-state index is 13.5. The van der Waals surface area contributed by atoms with Crippen LogP contribution in [0.1, 0.15) is 210 Å². The van der Waals surface area contributed by atoms with Crippen LogP contribution >= 0.6 is 20.0 Å². The highest BCUT2D eigenvalue weighted by Gasteiger charge is 2.28. The first kappa shape index (κ1) is 61.1. The molecule has 4 rings (SSSR count). The fourth-order valence-electron chi connectivity index (χ4n) is 9.38. The van der Waals surface area contributed by atoms with E-state index in [4.69, 9.17) is 25.7 Å². The average Bonchev–Trinajstić information content (AvgIpc) is 3.36. The van der Waals surface area contributed by atoms with E-state index in [1.165, 1.54) is 146 Å². The number of fused-ring (bicyclic) bond motifs is 2. The molecule has 2 aromatic carbocycles. The first-order valence-electron chi connectivity index (χ1n) is 27.6. The summed E-state index contributed by atoms with van der Waals surface area (Å²) in [5, 5.41) is 28.9. The standard InChI is InChI=1S/C58H85N2O11PS/c1-3-5-7-9-11-13-15-17-19-21-23-25-27-29-46(61)39-44(53(64)30-28-26-24-22-20-18-16-14-12-10-8-6-4-2)43-70-72(67,68)69-38-37-59-58(73)60-45-31-34-49(52(40-45)57(65)66)56-50-35-32-47(62)41-54(50)71-55-42-48(63)33-36-51(55)56/h31-36,40-42,44,62H,3-30,37-39,43H2,1-2H3,(H,65,66)(H,67,68)(H2,59,60,73)/p-1. The normalized spacial score (nSPS) is 12.8. The summed E-state index contributed by atoms with van der Waals surface area (Å²) in [6.07, 6.45) is 31.6. The molecule has 0 saturated carbocycles. The number of carboxylic acids is 1. The molecule has 0 amide bonds. The molecule has 2 unspecified atom stereocenters. The summed E-state index contributed by atoms with van der Waals surface area (Å²) >= 11 is 5.43. The third-order valence-electron chi connectivity index (χ3n) is 13.5. The molecule has 13 nitrogen and oxygen atoms in total. The number of ketones is 2. The smallest absolute Gasteiger partial charge is 0.472 e. The molecule has 73 heavy (non-hydrogen) atoms. The minimum Gasteiger partial charge on any atom is -0.872 e. The lowest BCUT2D eigenvalue weighted by Crippen LogP contribution is -2.31. The van der Waals surface area contributed by atoms with E-state index in [9.17, 15) is 38.8 Å². The highest BCUT2D eigenvalue weighted by Crippen LogP contribution is 2.44. The molecule has 0 spiro atoms. The van der Waals surface area contributed by atoms with E-state index in [0.717, 1.165) is 44.9 Å². The number of nitrogens with one attached hydrogen (secondary N) is 2. The second-order valence-corrected chi connectivity index (χ2v) is 21.6. The van der Waals surface area contributed by atoms with Crippen LogP contribution < -0.4 is 21.2 Å².